The molecular formula is C26H34ClN3O5. The molecule has 0 bridgehead atoms. The lowest BCUT2D eigenvalue weighted by molar-refractivity contribution is -0.143. The Morgan fingerprint density at radius 1 is 1.14 bits per heavy atom. The van der Waals surface area contributed by atoms with Gasteiger partial charge in [-0.15, -0.1) is 0 Å². The van der Waals surface area contributed by atoms with Gasteiger partial charge in [0.15, 0.2) is 0 Å². The lowest BCUT2D eigenvalue weighted by atomic mass is 9.77. The van der Waals surface area contributed by atoms with E-state index in [1.54, 1.807) is 12.1 Å². The number of halogens is 1. The first kappa shape index (κ1) is 25.5. The normalized spacial score (nSPS) is 20.7. The van der Waals surface area contributed by atoms with Gasteiger partial charge in [0.25, 0.3) is 0 Å². The number of carbonyl (C=O) groups is 2. The van der Waals surface area contributed by atoms with Crippen molar-refractivity contribution in [3.05, 3.63) is 46.3 Å². The Bertz CT molecular complexity index is 1020. The van der Waals surface area contributed by atoms with Crippen molar-refractivity contribution in [2.75, 3.05) is 46.0 Å². The summed E-state index contributed by atoms with van der Waals surface area (Å²) in [5.74, 6) is 1.59. The van der Waals surface area contributed by atoms with E-state index in [2.05, 4.69) is 5.16 Å². The second-order valence-electron chi connectivity index (χ2n) is 9.64. The van der Waals surface area contributed by atoms with Gasteiger partial charge in [0.2, 0.25) is 11.8 Å². The second kappa shape index (κ2) is 11.4. The Balaban J connectivity index is 1.46. The number of aryl methyl sites for hydroxylation is 2. The van der Waals surface area contributed by atoms with E-state index >= 15 is 0 Å². The number of hydrogen-bond acceptors (Lipinski definition) is 6. The fourth-order valence-electron chi connectivity index (χ4n) is 5.02. The maximum Gasteiger partial charge on any atom is 0.223 e. The molecular weight excluding hydrogens is 470 g/mol. The summed E-state index contributed by atoms with van der Waals surface area (Å²) in [6, 6.07) is 7.27. The molecule has 2 aromatic rings. The minimum absolute atomic E-state index is 0.0793. The third kappa shape index (κ3) is 6.55. The predicted molar refractivity (Wildman–Crippen MR) is 132 cm³/mol. The summed E-state index contributed by atoms with van der Waals surface area (Å²) in [7, 11) is 0. The molecule has 0 spiro atoms. The highest BCUT2D eigenvalue weighted by Crippen LogP contribution is 2.36. The molecule has 0 unspecified atom stereocenters. The van der Waals surface area contributed by atoms with Crippen molar-refractivity contribution in [1.29, 1.82) is 0 Å². The van der Waals surface area contributed by atoms with Gasteiger partial charge in [-0.05, 0) is 51.3 Å². The molecule has 2 aliphatic rings. The maximum atomic E-state index is 13.2. The molecule has 0 N–H and O–H groups in total. The Morgan fingerprint density at radius 2 is 1.94 bits per heavy atom. The molecule has 2 amide bonds. The average molecular weight is 504 g/mol. The first-order chi connectivity index (χ1) is 16.8. The molecule has 2 aliphatic heterocycles. The van der Waals surface area contributed by atoms with Crippen LogP contribution >= 0.6 is 11.6 Å². The maximum absolute atomic E-state index is 13.2. The highest BCUT2D eigenvalue weighted by molar-refractivity contribution is 6.30. The summed E-state index contributed by atoms with van der Waals surface area (Å²) >= 11 is 6.13. The van der Waals surface area contributed by atoms with Crippen molar-refractivity contribution in [3.8, 4) is 5.75 Å². The van der Waals surface area contributed by atoms with E-state index in [0.29, 0.717) is 76.0 Å². The van der Waals surface area contributed by atoms with E-state index in [0.717, 1.165) is 29.9 Å². The second-order valence-corrected chi connectivity index (χ2v) is 10.1. The number of amides is 2. The van der Waals surface area contributed by atoms with Crippen molar-refractivity contribution < 1.29 is 23.6 Å². The molecule has 0 saturated carbocycles. The Kier molecular flexibility index (Phi) is 8.34. The smallest absolute Gasteiger partial charge is 0.223 e. The number of hydrogen-bond donors (Lipinski definition) is 0. The molecule has 190 valence electrons. The molecule has 8 nitrogen and oxygen atoms in total. The Morgan fingerprint density at radius 3 is 2.66 bits per heavy atom. The number of aromatic nitrogens is 1. The van der Waals surface area contributed by atoms with E-state index < -0.39 is 5.41 Å². The summed E-state index contributed by atoms with van der Waals surface area (Å²) in [6.07, 6.45) is 2.95. The van der Waals surface area contributed by atoms with E-state index in [4.69, 9.17) is 25.6 Å². The van der Waals surface area contributed by atoms with Crippen molar-refractivity contribution in [2.24, 2.45) is 5.41 Å². The molecule has 3 heterocycles. The first-order valence-corrected chi connectivity index (χ1v) is 12.7. The van der Waals surface area contributed by atoms with Gasteiger partial charge in [-0.3, -0.25) is 9.59 Å². The van der Waals surface area contributed by atoms with Crippen LogP contribution in [0.15, 0.2) is 28.8 Å². The fourth-order valence-corrected chi connectivity index (χ4v) is 5.20. The van der Waals surface area contributed by atoms with Gasteiger partial charge in [-0.25, -0.2) is 0 Å². The molecule has 9 heteroatoms. The zero-order valence-corrected chi connectivity index (χ0v) is 21.3. The van der Waals surface area contributed by atoms with Gasteiger partial charge < -0.3 is 23.8 Å². The Labute approximate surface area is 211 Å². The van der Waals surface area contributed by atoms with Gasteiger partial charge in [0, 0.05) is 55.0 Å². The molecule has 1 aromatic heterocycles. The molecule has 2 saturated heterocycles. The number of likely N-dealkylation sites (tertiary alicyclic amines) is 1. The van der Waals surface area contributed by atoms with Gasteiger partial charge >= 0.3 is 0 Å². The third-order valence-corrected chi connectivity index (χ3v) is 7.25. The van der Waals surface area contributed by atoms with Crippen LogP contribution in [0, 0.1) is 19.3 Å². The van der Waals surface area contributed by atoms with Crippen LogP contribution in [0.4, 0.5) is 0 Å². The number of piperidine rings is 1. The topological polar surface area (TPSA) is 85.1 Å². The summed E-state index contributed by atoms with van der Waals surface area (Å²) in [4.78, 5) is 30.2. The number of benzene rings is 1. The lowest BCUT2D eigenvalue weighted by Crippen LogP contribution is -2.52. The van der Waals surface area contributed by atoms with Crippen molar-refractivity contribution in [2.45, 2.75) is 46.0 Å². The van der Waals surface area contributed by atoms with Crippen LogP contribution in [0.2, 0.25) is 5.02 Å². The quantitative estimate of drug-likeness (QED) is 0.544. The number of nitrogens with zero attached hydrogens (tertiary/aromatic N) is 3. The van der Waals surface area contributed by atoms with Gasteiger partial charge in [0.05, 0.1) is 25.5 Å². The van der Waals surface area contributed by atoms with E-state index in [-0.39, 0.29) is 11.8 Å². The van der Waals surface area contributed by atoms with Gasteiger partial charge in [0.1, 0.15) is 11.5 Å². The molecule has 1 aromatic carbocycles. The predicted octanol–water partition coefficient (Wildman–Crippen LogP) is 3.81. The highest BCUT2D eigenvalue weighted by Gasteiger charge is 2.41. The standard InChI is InChI=1S/C26H34ClN3O5/c1-19-23(20(2)35-28-19)7-8-24(31)30-10-4-9-26(17-30,16-25(32)29-11-13-33-14-12-29)18-34-22-6-3-5-21(27)15-22/h3,5-6,15H,4,7-14,16-18H2,1-2H3/t26-/m0/s1. The van der Waals surface area contributed by atoms with E-state index in [1.807, 2.05) is 35.8 Å². The van der Waals surface area contributed by atoms with Gasteiger partial charge in [-0.1, -0.05) is 22.8 Å². The molecule has 0 aliphatic carbocycles. The molecule has 0 radical (unpaired) electrons. The zero-order chi connectivity index (χ0) is 24.8. The summed E-state index contributed by atoms with van der Waals surface area (Å²) in [5, 5.41) is 4.59. The number of morpholine rings is 1. The van der Waals surface area contributed by atoms with Crippen LogP contribution in [-0.4, -0.2) is 72.8 Å². The van der Waals surface area contributed by atoms with Crippen molar-refractivity contribution in [3.63, 3.8) is 0 Å². The van der Waals surface area contributed by atoms with Crippen LogP contribution in [0.3, 0.4) is 0 Å². The molecule has 1 atom stereocenters. The first-order valence-electron chi connectivity index (χ1n) is 12.3. The van der Waals surface area contributed by atoms with Crippen molar-refractivity contribution >= 4 is 23.4 Å². The molecule has 2 fully saturated rings. The van der Waals surface area contributed by atoms with E-state index in [1.165, 1.54) is 0 Å². The van der Waals surface area contributed by atoms with E-state index in [9.17, 15) is 9.59 Å². The Hall–Kier alpha value is -2.58. The van der Waals surface area contributed by atoms with Crippen LogP contribution < -0.4 is 4.74 Å². The average Bonchev–Trinajstić information content (AvgIpc) is 3.19. The number of rotatable bonds is 8. The minimum Gasteiger partial charge on any atom is -0.493 e. The minimum atomic E-state index is -0.464. The van der Waals surface area contributed by atoms with Crippen molar-refractivity contribution in [1.82, 2.24) is 15.0 Å². The summed E-state index contributed by atoms with van der Waals surface area (Å²) < 4.78 is 16.8. The van der Waals surface area contributed by atoms with Crippen LogP contribution in [0.5, 0.6) is 5.75 Å². The highest BCUT2D eigenvalue weighted by atomic mass is 35.5. The fraction of sp³-hybridized carbons (Fsp3) is 0.577. The SMILES string of the molecule is Cc1noc(C)c1CCC(=O)N1CCC[C@](COc2cccc(Cl)c2)(CC(=O)N2CCOCC2)C1. The molecule has 4 rings (SSSR count). The monoisotopic (exact) mass is 503 g/mol. The van der Waals surface area contributed by atoms with Gasteiger partial charge in [-0.2, -0.15) is 0 Å². The largest absolute Gasteiger partial charge is 0.493 e. The summed E-state index contributed by atoms with van der Waals surface area (Å²) in [6.45, 7) is 7.61. The number of carbonyl (C=O) groups excluding carboxylic acids is 2. The zero-order valence-electron chi connectivity index (χ0n) is 20.6. The van der Waals surface area contributed by atoms with Crippen LogP contribution in [0.25, 0.3) is 0 Å². The molecule has 35 heavy (non-hydrogen) atoms. The van der Waals surface area contributed by atoms with Crippen LogP contribution in [0.1, 0.15) is 42.7 Å². The third-order valence-electron chi connectivity index (χ3n) is 7.02. The number of ether oxygens (including phenoxy) is 2. The lowest BCUT2D eigenvalue weighted by Gasteiger charge is -2.43. The summed E-state index contributed by atoms with van der Waals surface area (Å²) in [5.41, 5.74) is 1.36. The van der Waals surface area contributed by atoms with Crippen LogP contribution in [-0.2, 0) is 20.7 Å².